The number of carbonyl (C=O) groups excluding carboxylic acids is 2. The van der Waals surface area contributed by atoms with E-state index in [0.29, 0.717) is 56.8 Å². The van der Waals surface area contributed by atoms with Gasteiger partial charge in [-0.05, 0) is 44.2 Å². The third-order valence-electron chi connectivity index (χ3n) is 7.05. The van der Waals surface area contributed by atoms with Gasteiger partial charge in [-0.15, -0.1) is 0 Å². The average Bonchev–Trinajstić information content (AvgIpc) is 3.37. The number of alkyl halides is 3. The molecule has 3 N–H and O–H groups in total. The maximum absolute atomic E-state index is 13.8. The molecular formula is C26H34F3N7O3. The van der Waals surface area contributed by atoms with E-state index in [2.05, 4.69) is 30.8 Å². The fourth-order valence-electron chi connectivity index (χ4n) is 4.81. The Morgan fingerprint density at radius 3 is 2.49 bits per heavy atom. The van der Waals surface area contributed by atoms with Crippen LogP contribution >= 0.6 is 0 Å². The fraction of sp³-hybridized carbons (Fsp3) is 0.538. The van der Waals surface area contributed by atoms with E-state index in [0.717, 1.165) is 19.3 Å². The van der Waals surface area contributed by atoms with Crippen molar-refractivity contribution in [2.24, 2.45) is 5.92 Å². The van der Waals surface area contributed by atoms with Crippen LogP contribution in [0.25, 0.3) is 0 Å². The van der Waals surface area contributed by atoms with E-state index in [1.807, 2.05) is 7.05 Å². The zero-order chi connectivity index (χ0) is 28.0. The molecule has 1 saturated heterocycles. The molecule has 0 bridgehead atoms. The predicted molar refractivity (Wildman–Crippen MR) is 140 cm³/mol. The van der Waals surface area contributed by atoms with Gasteiger partial charge in [0.1, 0.15) is 11.4 Å². The SMILES string of the molecule is COCCNC(=O)[C@H]1CCC[C@H]1Nc1nc(Nc2ccc(C(=O)N3CCN(C)CC3)cc2)ncc1C(F)(F)F. The van der Waals surface area contributed by atoms with Crippen LogP contribution in [-0.2, 0) is 15.7 Å². The number of anilines is 3. The van der Waals surface area contributed by atoms with Gasteiger partial charge in [0.2, 0.25) is 11.9 Å². The first-order valence-corrected chi connectivity index (χ1v) is 13.0. The summed E-state index contributed by atoms with van der Waals surface area (Å²) in [6, 6.07) is 6.15. The summed E-state index contributed by atoms with van der Waals surface area (Å²) in [5.74, 6) is -1.20. The molecule has 1 aromatic heterocycles. The second-order valence-electron chi connectivity index (χ2n) is 9.82. The molecule has 0 unspecified atom stereocenters. The third-order valence-corrected chi connectivity index (χ3v) is 7.05. The van der Waals surface area contributed by atoms with E-state index in [-0.39, 0.29) is 23.6 Å². The number of hydrogen-bond acceptors (Lipinski definition) is 8. The van der Waals surface area contributed by atoms with E-state index in [9.17, 15) is 22.8 Å². The molecule has 1 saturated carbocycles. The van der Waals surface area contributed by atoms with Crippen LogP contribution in [0.4, 0.5) is 30.6 Å². The molecule has 2 atom stereocenters. The van der Waals surface area contributed by atoms with Crippen LogP contribution < -0.4 is 16.0 Å². The van der Waals surface area contributed by atoms with Gasteiger partial charge in [0, 0.05) is 63.3 Å². The van der Waals surface area contributed by atoms with Crippen molar-refractivity contribution in [3.8, 4) is 0 Å². The molecule has 1 aliphatic carbocycles. The molecule has 0 radical (unpaired) electrons. The number of hydrogen-bond donors (Lipinski definition) is 3. The molecule has 39 heavy (non-hydrogen) atoms. The van der Waals surface area contributed by atoms with Gasteiger partial charge in [-0.3, -0.25) is 9.59 Å². The standard InChI is InChI=1S/C26H34F3N7O3/c1-35-11-13-36(14-12-35)24(38)17-6-8-18(9-7-17)32-25-31-16-20(26(27,28)29)22(34-25)33-21-5-3-4-19(21)23(37)30-10-15-39-2/h6-9,16,19,21H,3-5,10-15H2,1-2H3,(H,30,37)(H2,31,32,33,34)/t19-,21+/m0/s1. The largest absolute Gasteiger partial charge is 0.421 e. The fourth-order valence-corrected chi connectivity index (χ4v) is 4.81. The van der Waals surface area contributed by atoms with Crippen molar-refractivity contribution in [2.45, 2.75) is 31.5 Å². The van der Waals surface area contributed by atoms with Gasteiger partial charge in [0.15, 0.2) is 0 Å². The van der Waals surface area contributed by atoms with E-state index in [4.69, 9.17) is 4.74 Å². The Kier molecular flexibility index (Phi) is 9.23. The summed E-state index contributed by atoms with van der Waals surface area (Å²) in [6.07, 6.45) is -2.15. The van der Waals surface area contributed by atoms with Crippen molar-refractivity contribution in [3.63, 3.8) is 0 Å². The van der Waals surface area contributed by atoms with Crippen LogP contribution in [0.3, 0.4) is 0 Å². The average molecular weight is 550 g/mol. The predicted octanol–water partition coefficient (Wildman–Crippen LogP) is 2.97. The number of ether oxygens (including phenoxy) is 1. The Balaban J connectivity index is 1.46. The van der Waals surface area contributed by atoms with Crippen molar-refractivity contribution in [3.05, 3.63) is 41.6 Å². The second-order valence-corrected chi connectivity index (χ2v) is 9.82. The molecule has 2 aromatic rings. The Bertz CT molecular complexity index is 1140. The number of rotatable bonds is 9. The third kappa shape index (κ3) is 7.35. The van der Waals surface area contributed by atoms with Crippen LogP contribution in [-0.4, -0.2) is 91.1 Å². The topological polar surface area (TPSA) is 112 Å². The van der Waals surface area contributed by atoms with Crippen LogP contribution in [0.5, 0.6) is 0 Å². The molecule has 2 fully saturated rings. The highest BCUT2D eigenvalue weighted by molar-refractivity contribution is 5.94. The highest BCUT2D eigenvalue weighted by atomic mass is 19.4. The monoisotopic (exact) mass is 549 g/mol. The minimum absolute atomic E-state index is 0.0391. The van der Waals surface area contributed by atoms with Gasteiger partial charge < -0.3 is 30.5 Å². The Morgan fingerprint density at radius 1 is 1.10 bits per heavy atom. The van der Waals surface area contributed by atoms with Crippen molar-refractivity contribution < 1.29 is 27.5 Å². The molecule has 0 spiro atoms. The molecule has 2 amide bonds. The van der Waals surface area contributed by atoms with E-state index >= 15 is 0 Å². The number of benzene rings is 1. The van der Waals surface area contributed by atoms with E-state index in [1.54, 1.807) is 29.2 Å². The van der Waals surface area contributed by atoms with E-state index < -0.39 is 23.7 Å². The minimum Gasteiger partial charge on any atom is -0.383 e. The Labute approximate surface area is 225 Å². The summed E-state index contributed by atoms with van der Waals surface area (Å²) in [6.45, 7) is 3.61. The molecule has 2 aliphatic rings. The number of aromatic nitrogens is 2. The van der Waals surface area contributed by atoms with E-state index in [1.165, 1.54) is 7.11 Å². The van der Waals surface area contributed by atoms with Crippen molar-refractivity contribution in [1.29, 1.82) is 0 Å². The second kappa shape index (κ2) is 12.6. The lowest BCUT2D eigenvalue weighted by atomic mass is 10.0. The number of nitrogens with one attached hydrogen (secondary N) is 3. The summed E-state index contributed by atoms with van der Waals surface area (Å²) in [7, 11) is 3.54. The first kappa shape index (κ1) is 28.6. The molecular weight excluding hydrogens is 515 g/mol. The molecule has 13 heteroatoms. The molecule has 212 valence electrons. The van der Waals surface area contributed by atoms with Crippen molar-refractivity contribution >= 4 is 29.3 Å². The number of carbonyl (C=O) groups is 2. The first-order valence-electron chi connectivity index (χ1n) is 13.0. The van der Waals surface area contributed by atoms with Crippen LogP contribution in [0.2, 0.25) is 0 Å². The van der Waals surface area contributed by atoms with Gasteiger partial charge in [0.25, 0.3) is 5.91 Å². The van der Waals surface area contributed by atoms with Crippen LogP contribution in [0.1, 0.15) is 35.2 Å². The number of likely N-dealkylation sites (N-methyl/N-ethyl adjacent to an activating group) is 1. The molecule has 10 nitrogen and oxygen atoms in total. The normalized spacial score (nSPS) is 20.1. The van der Waals surface area contributed by atoms with Gasteiger partial charge in [-0.2, -0.15) is 18.2 Å². The zero-order valence-electron chi connectivity index (χ0n) is 22.1. The smallest absolute Gasteiger partial charge is 0.383 e. The summed E-state index contributed by atoms with van der Waals surface area (Å²) >= 11 is 0. The number of halogens is 3. The maximum atomic E-state index is 13.8. The highest BCUT2D eigenvalue weighted by Gasteiger charge is 2.38. The molecule has 1 aromatic carbocycles. The molecule has 1 aliphatic heterocycles. The van der Waals surface area contributed by atoms with Gasteiger partial charge >= 0.3 is 6.18 Å². The van der Waals surface area contributed by atoms with Crippen molar-refractivity contribution in [2.75, 3.05) is 64.1 Å². The van der Waals surface area contributed by atoms with Crippen molar-refractivity contribution in [1.82, 2.24) is 25.1 Å². The summed E-state index contributed by atoms with van der Waals surface area (Å²) < 4.78 is 46.2. The summed E-state index contributed by atoms with van der Waals surface area (Å²) in [5.41, 5.74) is 0.0374. The maximum Gasteiger partial charge on any atom is 0.421 e. The zero-order valence-corrected chi connectivity index (χ0v) is 22.1. The lowest BCUT2D eigenvalue weighted by Gasteiger charge is -2.32. The molecule has 4 rings (SSSR count). The summed E-state index contributed by atoms with van der Waals surface area (Å²) in [5, 5.41) is 8.55. The lowest BCUT2D eigenvalue weighted by Crippen LogP contribution is -2.47. The Morgan fingerprint density at radius 2 is 1.82 bits per heavy atom. The summed E-state index contributed by atoms with van der Waals surface area (Å²) in [4.78, 5) is 37.3. The molecule has 2 heterocycles. The quantitative estimate of drug-likeness (QED) is 0.410. The lowest BCUT2D eigenvalue weighted by molar-refractivity contribution is -0.137. The first-order chi connectivity index (χ1) is 18.7. The van der Waals surface area contributed by atoms with Gasteiger partial charge in [0.05, 0.1) is 12.5 Å². The minimum atomic E-state index is -4.68. The van der Waals surface area contributed by atoms with Crippen LogP contribution in [0.15, 0.2) is 30.5 Å². The number of nitrogens with zero attached hydrogens (tertiary/aromatic N) is 4. The highest BCUT2D eigenvalue weighted by Crippen LogP contribution is 2.36. The van der Waals surface area contributed by atoms with Gasteiger partial charge in [-0.1, -0.05) is 6.42 Å². The van der Waals surface area contributed by atoms with Crippen LogP contribution in [0, 0.1) is 5.92 Å². The van der Waals surface area contributed by atoms with Gasteiger partial charge in [-0.25, -0.2) is 4.98 Å². The number of piperazine rings is 1. The Hall–Kier alpha value is -3.45. The number of amides is 2. The number of methoxy groups -OCH3 is 1.